The summed E-state index contributed by atoms with van der Waals surface area (Å²) in [5, 5.41) is 11.7. The van der Waals surface area contributed by atoms with Crippen LogP contribution in [-0.4, -0.2) is 11.1 Å². The Bertz CT molecular complexity index is 1110. The Morgan fingerprint density at radius 3 is 2.37 bits per heavy atom. The van der Waals surface area contributed by atoms with Gasteiger partial charge in [0, 0.05) is 17.3 Å². The van der Waals surface area contributed by atoms with Crippen LogP contribution in [0.5, 0.6) is 11.5 Å². The highest BCUT2D eigenvalue weighted by Gasteiger charge is 2.33. The summed E-state index contributed by atoms with van der Waals surface area (Å²) in [6.07, 6.45) is -3.09. The fraction of sp³-hybridized carbons (Fsp3) is 0.0952. The molecule has 0 radical (unpaired) electrons. The van der Waals surface area contributed by atoms with Gasteiger partial charge in [0.05, 0.1) is 16.2 Å². The predicted molar refractivity (Wildman–Crippen MR) is 108 cm³/mol. The lowest BCUT2D eigenvalue weighted by Crippen LogP contribution is -2.06. The summed E-state index contributed by atoms with van der Waals surface area (Å²) in [5.41, 5.74) is 0.442. The lowest BCUT2D eigenvalue weighted by atomic mass is 10.2. The number of hydrogen-bond donors (Lipinski definition) is 0. The van der Waals surface area contributed by atoms with Crippen LogP contribution in [0.25, 0.3) is 0 Å². The molecule has 0 unspecified atom stereocenters. The Kier molecular flexibility index (Phi) is 6.07. The molecule has 9 heteroatoms. The molecule has 0 saturated carbocycles. The van der Waals surface area contributed by atoms with Gasteiger partial charge in [0.2, 0.25) is 5.75 Å². The van der Waals surface area contributed by atoms with E-state index in [0.717, 1.165) is 23.3 Å². The van der Waals surface area contributed by atoms with Gasteiger partial charge in [-0.2, -0.15) is 13.2 Å². The molecule has 3 aromatic rings. The lowest BCUT2D eigenvalue weighted by Gasteiger charge is -2.10. The molecule has 0 saturated heterocycles. The van der Waals surface area contributed by atoms with Crippen LogP contribution in [0.3, 0.4) is 0 Å². The molecule has 3 rings (SSSR count). The fourth-order valence-electron chi connectivity index (χ4n) is 2.48. The Morgan fingerprint density at radius 2 is 1.77 bits per heavy atom. The molecule has 0 aliphatic rings. The molecule has 0 aliphatic heterocycles. The number of ether oxygens (including phenoxy) is 1. The van der Waals surface area contributed by atoms with Gasteiger partial charge in [0.15, 0.2) is 0 Å². The molecular formula is C21H14ClF3N2O3. The second-order valence-electron chi connectivity index (χ2n) is 6.30. The summed E-state index contributed by atoms with van der Waals surface area (Å²) in [7, 11) is 0. The summed E-state index contributed by atoms with van der Waals surface area (Å²) < 4.78 is 43.8. The second-order valence-corrected chi connectivity index (χ2v) is 6.71. The first-order valence-electron chi connectivity index (χ1n) is 8.57. The Labute approximate surface area is 174 Å². The molecule has 0 spiro atoms. The lowest BCUT2D eigenvalue weighted by molar-refractivity contribution is -0.385. The maximum Gasteiger partial charge on any atom is 0.416 e. The largest absolute Gasteiger partial charge is 0.450 e. The number of rotatable bonds is 5. The van der Waals surface area contributed by atoms with Gasteiger partial charge in [-0.05, 0) is 66.6 Å². The molecule has 3 aromatic carbocycles. The molecule has 0 aliphatic carbocycles. The predicted octanol–water partition coefficient (Wildman–Crippen LogP) is 7.12. The van der Waals surface area contributed by atoms with Crippen molar-refractivity contribution in [1.82, 2.24) is 0 Å². The van der Waals surface area contributed by atoms with E-state index in [1.54, 1.807) is 24.4 Å². The number of nitro groups is 1. The fourth-order valence-corrected chi connectivity index (χ4v) is 2.66. The SMILES string of the molecule is Cc1ccc(N=Cc2ccc(Oc3ccc(C(F)(F)F)cc3[N+](=O)[O-])cc2)cc1Cl. The average molecular weight is 435 g/mol. The molecule has 0 atom stereocenters. The topological polar surface area (TPSA) is 64.7 Å². The first kappa shape index (κ1) is 21.3. The number of alkyl halides is 3. The molecule has 5 nitrogen and oxygen atoms in total. The number of aryl methyl sites for hydroxylation is 1. The molecule has 0 aromatic heterocycles. The van der Waals surface area contributed by atoms with Crippen molar-refractivity contribution in [2.45, 2.75) is 13.1 Å². The number of nitrogens with zero attached hydrogens (tertiary/aromatic N) is 2. The number of halogens is 4. The zero-order valence-electron chi connectivity index (χ0n) is 15.5. The highest BCUT2D eigenvalue weighted by Crippen LogP contribution is 2.37. The molecule has 0 amide bonds. The maximum atomic E-state index is 12.8. The average Bonchev–Trinajstić information content (AvgIpc) is 2.69. The van der Waals surface area contributed by atoms with Crippen LogP contribution < -0.4 is 4.74 Å². The van der Waals surface area contributed by atoms with E-state index in [1.807, 2.05) is 19.1 Å². The van der Waals surface area contributed by atoms with Crippen LogP contribution in [0.4, 0.5) is 24.5 Å². The van der Waals surface area contributed by atoms with Crippen LogP contribution in [0, 0.1) is 17.0 Å². The Hall–Kier alpha value is -3.39. The summed E-state index contributed by atoms with van der Waals surface area (Å²) >= 11 is 6.06. The summed E-state index contributed by atoms with van der Waals surface area (Å²) in [6, 6.07) is 13.9. The third-order valence-corrected chi connectivity index (χ3v) is 4.52. The van der Waals surface area contributed by atoms with Crippen LogP contribution >= 0.6 is 11.6 Å². The minimum absolute atomic E-state index is 0.230. The summed E-state index contributed by atoms with van der Waals surface area (Å²) in [6.45, 7) is 1.88. The minimum atomic E-state index is -4.69. The van der Waals surface area contributed by atoms with Gasteiger partial charge < -0.3 is 4.74 Å². The normalized spacial score (nSPS) is 11.6. The number of nitro benzene ring substituents is 1. The summed E-state index contributed by atoms with van der Waals surface area (Å²) in [5.74, 6) is -0.0582. The van der Waals surface area contributed by atoms with Crippen molar-refractivity contribution in [3.63, 3.8) is 0 Å². The first-order valence-corrected chi connectivity index (χ1v) is 8.95. The van der Waals surface area contributed by atoms with Gasteiger partial charge in [-0.25, -0.2) is 0 Å². The van der Waals surface area contributed by atoms with Crippen LogP contribution in [0.15, 0.2) is 65.7 Å². The maximum absolute atomic E-state index is 12.8. The van der Waals surface area contributed by atoms with Gasteiger partial charge in [0.25, 0.3) is 0 Å². The minimum Gasteiger partial charge on any atom is -0.450 e. The number of hydrogen-bond acceptors (Lipinski definition) is 4. The van der Waals surface area contributed by atoms with Crippen molar-refractivity contribution in [3.8, 4) is 11.5 Å². The van der Waals surface area contributed by atoms with Gasteiger partial charge in [-0.3, -0.25) is 15.1 Å². The van der Waals surface area contributed by atoms with Crippen LogP contribution in [0.2, 0.25) is 5.02 Å². The van der Waals surface area contributed by atoms with E-state index < -0.39 is 22.4 Å². The number of benzene rings is 3. The summed E-state index contributed by atoms with van der Waals surface area (Å²) in [4.78, 5) is 14.5. The second kappa shape index (κ2) is 8.54. The van der Waals surface area contributed by atoms with E-state index in [2.05, 4.69) is 4.99 Å². The van der Waals surface area contributed by atoms with E-state index in [-0.39, 0.29) is 11.5 Å². The zero-order chi connectivity index (χ0) is 21.9. The quantitative estimate of drug-likeness (QED) is 0.244. The van der Waals surface area contributed by atoms with Crippen LogP contribution in [0.1, 0.15) is 16.7 Å². The van der Waals surface area contributed by atoms with E-state index in [1.165, 1.54) is 12.1 Å². The molecule has 0 bridgehead atoms. The van der Waals surface area contributed by atoms with Crippen LogP contribution in [-0.2, 0) is 6.18 Å². The van der Waals surface area contributed by atoms with Crippen molar-refractivity contribution < 1.29 is 22.8 Å². The Morgan fingerprint density at radius 1 is 1.07 bits per heavy atom. The molecular weight excluding hydrogens is 421 g/mol. The van der Waals surface area contributed by atoms with E-state index in [4.69, 9.17) is 16.3 Å². The molecule has 154 valence electrons. The third-order valence-electron chi connectivity index (χ3n) is 4.11. The van der Waals surface area contributed by atoms with Gasteiger partial charge >= 0.3 is 11.9 Å². The first-order chi connectivity index (χ1) is 14.1. The van der Waals surface area contributed by atoms with Crippen molar-refractivity contribution >= 4 is 29.2 Å². The van der Waals surface area contributed by atoms with Crippen molar-refractivity contribution in [1.29, 1.82) is 0 Å². The van der Waals surface area contributed by atoms with E-state index in [9.17, 15) is 23.3 Å². The van der Waals surface area contributed by atoms with Gasteiger partial charge in [0.1, 0.15) is 5.75 Å². The highest BCUT2D eigenvalue weighted by atomic mass is 35.5. The Balaban J connectivity index is 1.78. The standard InChI is InChI=1S/C21H14ClF3N2O3/c1-13-2-6-16(11-18(13)22)26-12-14-3-7-17(8-4-14)30-20-9-5-15(21(23,24)25)10-19(20)27(28)29/h2-12H,1H3. The van der Waals surface area contributed by atoms with E-state index in [0.29, 0.717) is 16.8 Å². The number of aliphatic imine (C=N–C) groups is 1. The van der Waals surface area contributed by atoms with Gasteiger partial charge in [-0.15, -0.1) is 0 Å². The highest BCUT2D eigenvalue weighted by molar-refractivity contribution is 6.31. The molecule has 0 N–H and O–H groups in total. The van der Waals surface area contributed by atoms with E-state index >= 15 is 0 Å². The van der Waals surface area contributed by atoms with Crippen molar-refractivity contribution in [3.05, 3.63) is 92.5 Å². The molecule has 0 heterocycles. The van der Waals surface area contributed by atoms with Crippen molar-refractivity contribution in [2.75, 3.05) is 0 Å². The third kappa shape index (κ3) is 5.15. The zero-order valence-corrected chi connectivity index (χ0v) is 16.2. The monoisotopic (exact) mass is 434 g/mol. The van der Waals surface area contributed by atoms with Gasteiger partial charge in [-0.1, -0.05) is 17.7 Å². The van der Waals surface area contributed by atoms with Crippen molar-refractivity contribution in [2.24, 2.45) is 4.99 Å². The smallest absolute Gasteiger partial charge is 0.416 e. The molecule has 30 heavy (non-hydrogen) atoms. The molecule has 0 fully saturated rings.